The van der Waals surface area contributed by atoms with Crippen LogP contribution in [-0.4, -0.2) is 10.3 Å². The number of benzene rings is 2. The predicted molar refractivity (Wildman–Crippen MR) is 104 cm³/mol. The van der Waals surface area contributed by atoms with Gasteiger partial charge < -0.3 is 0 Å². The van der Waals surface area contributed by atoms with Gasteiger partial charge in [-0.15, -0.1) is 0 Å². The summed E-state index contributed by atoms with van der Waals surface area (Å²) in [7, 11) is 0. The number of aryl methyl sites for hydroxylation is 2. The first-order chi connectivity index (χ1) is 11.2. The van der Waals surface area contributed by atoms with E-state index in [-0.39, 0.29) is 0 Å². The van der Waals surface area contributed by atoms with E-state index in [2.05, 4.69) is 70.6 Å². The number of isothiocyanates is 2. The third-order valence-electron chi connectivity index (χ3n) is 3.86. The summed E-state index contributed by atoms with van der Waals surface area (Å²) >= 11 is 9.63. The zero-order valence-electron chi connectivity index (χ0n) is 13.3. The monoisotopic (exact) mass is 338 g/mol. The second-order valence-electron chi connectivity index (χ2n) is 5.14. The molecule has 0 amide bonds. The smallest absolute Gasteiger partial charge is 0.0806 e. The summed E-state index contributed by atoms with van der Waals surface area (Å²) in [5.41, 5.74) is 6.43. The van der Waals surface area contributed by atoms with Crippen LogP contribution < -0.4 is 0 Å². The zero-order chi connectivity index (χ0) is 16.7. The lowest BCUT2D eigenvalue weighted by molar-refractivity contribution is 1.08. The molecule has 0 saturated carbocycles. The van der Waals surface area contributed by atoms with E-state index in [1.807, 2.05) is 0 Å². The molecule has 0 saturated heterocycles. The average Bonchev–Trinajstić information content (AvgIpc) is 2.58. The van der Waals surface area contributed by atoms with Gasteiger partial charge in [0.1, 0.15) is 0 Å². The molecule has 0 fully saturated rings. The van der Waals surface area contributed by atoms with Gasteiger partial charge in [-0.25, -0.2) is 0 Å². The Morgan fingerprint density at radius 3 is 1.48 bits per heavy atom. The maximum atomic E-state index is 4.81. The van der Waals surface area contributed by atoms with Crippen molar-refractivity contribution < 1.29 is 0 Å². The Bertz CT molecular complexity index is 732. The van der Waals surface area contributed by atoms with E-state index in [4.69, 9.17) is 24.4 Å². The van der Waals surface area contributed by atoms with Crippen LogP contribution in [0.2, 0.25) is 0 Å². The lowest BCUT2D eigenvalue weighted by Crippen LogP contribution is -1.95. The minimum absolute atomic E-state index is 0.730. The maximum Gasteiger partial charge on any atom is 0.0806 e. The first kappa shape index (κ1) is 17.4. The van der Waals surface area contributed by atoms with Gasteiger partial charge in [0.05, 0.1) is 21.7 Å². The molecule has 0 N–H and O–H groups in total. The molecule has 116 valence electrons. The van der Waals surface area contributed by atoms with Crippen LogP contribution in [0.25, 0.3) is 0 Å². The van der Waals surface area contributed by atoms with Gasteiger partial charge in [-0.3, -0.25) is 0 Å². The van der Waals surface area contributed by atoms with E-state index < -0.39 is 0 Å². The molecule has 23 heavy (non-hydrogen) atoms. The summed E-state index contributed by atoms with van der Waals surface area (Å²) in [5, 5.41) is 5.01. The molecule has 0 bridgehead atoms. The molecule has 2 rings (SSSR count). The Kier molecular flexibility index (Phi) is 6.52. The number of hydrogen-bond donors (Lipinski definition) is 0. The SMILES string of the molecule is CCc1cccc(Cc2cccc(CC)c2N=C=S)c1N=C=S. The summed E-state index contributed by atoms with van der Waals surface area (Å²) in [6.45, 7) is 4.22. The van der Waals surface area contributed by atoms with Crippen LogP contribution in [0, 0.1) is 0 Å². The highest BCUT2D eigenvalue weighted by molar-refractivity contribution is 7.78. The normalized spacial score (nSPS) is 9.83. The lowest BCUT2D eigenvalue weighted by atomic mass is 9.96. The quantitative estimate of drug-likeness (QED) is 0.486. The van der Waals surface area contributed by atoms with Crippen LogP contribution >= 0.6 is 24.4 Å². The van der Waals surface area contributed by atoms with Crippen LogP contribution in [0.5, 0.6) is 0 Å². The zero-order valence-corrected chi connectivity index (χ0v) is 14.9. The van der Waals surface area contributed by atoms with Gasteiger partial charge in [0.2, 0.25) is 0 Å². The van der Waals surface area contributed by atoms with E-state index in [9.17, 15) is 0 Å². The van der Waals surface area contributed by atoms with Crippen LogP contribution in [-0.2, 0) is 19.3 Å². The molecule has 0 radical (unpaired) electrons. The van der Waals surface area contributed by atoms with Gasteiger partial charge in [0, 0.05) is 6.42 Å². The van der Waals surface area contributed by atoms with E-state index in [1.165, 1.54) is 11.1 Å². The summed E-state index contributed by atoms with van der Waals surface area (Å²) in [4.78, 5) is 8.58. The molecule has 4 heteroatoms. The number of rotatable bonds is 6. The summed E-state index contributed by atoms with van der Waals surface area (Å²) < 4.78 is 0. The summed E-state index contributed by atoms with van der Waals surface area (Å²) in [6.07, 6.45) is 2.54. The summed E-state index contributed by atoms with van der Waals surface area (Å²) in [6, 6.07) is 12.4. The molecule has 0 aliphatic carbocycles. The number of nitrogens with zero attached hydrogens (tertiary/aromatic N) is 2. The third kappa shape index (κ3) is 4.07. The fourth-order valence-corrected chi connectivity index (χ4v) is 2.91. The van der Waals surface area contributed by atoms with Crippen LogP contribution in [0.1, 0.15) is 36.1 Å². The molecular weight excluding hydrogens is 320 g/mol. The third-order valence-corrected chi connectivity index (χ3v) is 4.05. The Labute approximate surface area is 148 Å². The van der Waals surface area contributed by atoms with Gasteiger partial charge in [-0.2, -0.15) is 9.98 Å². The standard InChI is InChI=1S/C19H18N2S2/c1-3-14-7-5-9-16(18(14)20-12-22)11-17-10-6-8-15(4-2)19(17)21-13-23/h5-10H,3-4,11H2,1-2H3. The van der Waals surface area contributed by atoms with E-state index in [0.29, 0.717) is 0 Å². The second kappa shape index (κ2) is 8.61. The van der Waals surface area contributed by atoms with Crippen molar-refractivity contribution in [3.8, 4) is 0 Å². The number of aliphatic imine (C=N–C) groups is 2. The molecule has 2 nitrogen and oxygen atoms in total. The van der Waals surface area contributed by atoms with Crippen molar-refractivity contribution in [1.29, 1.82) is 0 Å². The van der Waals surface area contributed by atoms with Crippen molar-refractivity contribution >= 4 is 46.1 Å². The molecule has 2 aromatic rings. The van der Waals surface area contributed by atoms with Crippen LogP contribution in [0.3, 0.4) is 0 Å². The molecule has 0 heterocycles. The van der Waals surface area contributed by atoms with E-state index in [1.54, 1.807) is 0 Å². The summed E-state index contributed by atoms with van der Waals surface area (Å²) in [5.74, 6) is 0. The highest BCUT2D eigenvalue weighted by Gasteiger charge is 2.11. The van der Waals surface area contributed by atoms with Gasteiger partial charge in [-0.1, -0.05) is 50.2 Å². The molecule has 0 spiro atoms. The Morgan fingerprint density at radius 1 is 0.739 bits per heavy atom. The van der Waals surface area contributed by atoms with E-state index in [0.717, 1.165) is 41.8 Å². The van der Waals surface area contributed by atoms with Crippen LogP contribution in [0.15, 0.2) is 46.4 Å². The van der Waals surface area contributed by atoms with Crippen LogP contribution in [0.4, 0.5) is 11.4 Å². The van der Waals surface area contributed by atoms with Crippen molar-refractivity contribution in [3.63, 3.8) is 0 Å². The Morgan fingerprint density at radius 2 is 1.13 bits per heavy atom. The van der Waals surface area contributed by atoms with Gasteiger partial charge in [0.25, 0.3) is 0 Å². The van der Waals surface area contributed by atoms with Crippen molar-refractivity contribution in [2.75, 3.05) is 0 Å². The first-order valence-corrected chi connectivity index (χ1v) is 8.44. The Hall–Kier alpha value is -1.96. The maximum absolute atomic E-state index is 4.81. The first-order valence-electron chi connectivity index (χ1n) is 7.62. The molecule has 0 aromatic heterocycles. The molecule has 2 aromatic carbocycles. The van der Waals surface area contributed by atoms with Crippen molar-refractivity contribution in [2.24, 2.45) is 9.98 Å². The topological polar surface area (TPSA) is 24.7 Å². The van der Waals surface area contributed by atoms with Gasteiger partial charge in [0.15, 0.2) is 0 Å². The average molecular weight is 339 g/mol. The van der Waals surface area contributed by atoms with Crippen molar-refractivity contribution in [3.05, 3.63) is 58.7 Å². The number of thiocarbonyl (C=S) groups is 2. The molecule has 0 unspecified atom stereocenters. The van der Waals surface area contributed by atoms with Gasteiger partial charge >= 0.3 is 0 Å². The van der Waals surface area contributed by atoms with E-state index >= 15 is 0 Å². The highest BCUT2D eigenvalue weighted by atomic mass is 32.1. The molecular formula is C19H18N2S2. The predicted octanol–water partition coefficient (Wildman–Crippen LogP) is 5.87. The second-order valence-corrected chi connectivity index (χ2v) is 5.50. The number of para-hydroxylation sites is 2. The Balaban J connectivity index is 2.56. The highest BCUT2D eigenvalue weighted by Crippen LogP contribution is 2.32. The molecule has 0 aliphatic heterocycles. The number of hydrogen-bond acceptors (Lipinski definition) is 4. The largest absolute Gasteiger partial charge is 0.194 e. The minimum atomic E-state index is 0.730. The van der Waals surface area contributed by atoms with Crippen molar-refractivity contribution in [1.82, 2.24) is 0 Å². The fraction of sp³-hybridized carbons (Fsp3) is 0.263. The fourth-order valence-electron chi connectivity index (χ4n) is 2.73. The van der Waals surface area contributed by atoms with Gasteiger partial charge in [-0.05, 0) is 59.5 Å². The molecule has 0 aliphatic rings. The lowest BCUT2D eigenvalue weighted by Gasteiger charge is -2.12. The minimum Gasteiger partial charge on any atom is -0.194 e. The molecule has 0 atom stereocenters. The van der Waals surface area contributed by atoms with Crippen molar-refractivity contribution in [2.45, 2.75) is 33.1 Å².